The van der Waals surface area contributed by atoms with Gasteiger partial charge in [-0.2, -0.15) is 0 Å². The lowest BCUT2D eigenvalue weighted by atomic mass is 10.2. The molecule has 7 heteroatoms. The van der Waals surface area contributed by atoms with E-state index in [0.29, 0.717) is 17.6 Å². The molecule has 6 nitrogen and oxygen atoms in total. The fourth-order valence-corrected chi connectivity index (χ4v) is 3.05. The quantitative estimate of drug-likeness (QED) is 0.712. The topological polar surface area (TPSA) is 79.8 Å². The predicted molar refractivity (Wildman–Crippen MR) is 98.9 cm³/mol. The minimum absolute atomic E-state index is 0.0525. The molecule has 0 aliphatic rings. The molecule has 128 valence electrons. The maximum atomic E-state index is 12.1. The first kappa shape index (κ1) is 17.0. The number of thiazole rings is 1. The van der Waals surface area contributed by atoms with E-state index in [0.717, 1.165) is 22.6 Å². The van der Waals surface area contributed by atoms with E-state index in [1.54, 1.807) is 0 Å². The summed E-state index contributed by atoms with van der Waals surface area (Å²) in [6.45, 7) is 4.36. The third-order valence-electron chi connectivity index (χ3n) is 3.43. The maximum absolute atomic E-state index is 12.1. The van der Waals surface area contributed by atoms with Crippen molar-refractivity contribution in [3.8, 4) is 0 Å². The molecular weight excluding hydrogens is 334 g/mol. The molecule has 2 aromatic heterocycles. The third-order valence-corrected chi connectivity index (χ3v) is 4.23. The van der Waals surface area contributed by atoms with Gasteiger partial charge in [0.25, 0.3) is 0 Å². The van der Waals surface area contributed by atoms with E-state index in [-0.39, 0.29) is 12.3 Å². The van der Waals surface area contributed by atoms with Gasteiger partial charge in [0.15, 0.2) is 5.13 Å². The van der Waals surface area contributed by atoms with E-state index in [4.69, 9.17) is 0 Å². The summed E-state index contributed by atoms with van der Waals surface area (Å²) < 4.78 is 0. The Morgan fingerprint density at radius 3 is 2.52 bits per heavy atom. The Morgan fingerprint density at radius 1 is 1.08 bits per heavy atom. The van der Waals surface area contributed by atoms with Crippen LogP contribution in [0.15, 0.2) is 41.8 Å². The molecule has 0 saturated heterocycles. The van der Waals surface area contributed by atoms with Crippen molar-refractivity contribution in [2.75, 3.05) is 5.32 Å². The molecule has 25 heavy (non-hydrogen) atoms. The fourth-order valence-electron chi connectivity index (χ4n) is 2.35. The van der Waals surface area contributed by atoms with E-state index in [9.17, 15) is 4.79 Å². The Balaban J connectivity index is 1.55. The van der Waals surface area contributed by atoms with Crippen LogP contribution >= 0.6 is 11.3 Å². The summed E-state index contributed by atoms with van der Waals surface area (Å²) in [4.78, 5) is 25.1. The molecule has 0 fully saturated rings. The predicted octanol–water partition coefficient (Wildman–Crippen LogP) is 3.15. The summed E-state index contributed by atoms with van der Waals surface area (Å²) >= 11 is 1.43. The van der Waals surface area contributed by atoms with Crippen LogP contribution < -0.4 is 10.6 Å². The molecule has 0 unspecified atom stereocenters. The van der Waals surface area contributed by atoms with Crippen LogP contribution in [-0.2, 0) is 17.8 Å². The Hall–Kier alpha value is -2.80. The SMILES string of the molecule is Cc1cc(C)nc(Nc2nc(CC(=O)NCc3ccccc3)cs2)n1. The summed E-state index contributed by atoms with van der Waals surface area (Å²) in [5, 5.41) is 8.54. The first-order valence-corrected chi connectivity index (χ1v) is 8.81. The van der Waals surface area contributed by atoms with E-state index in [1.807, 2.05) is 55.6 Å². The molecule has 3 aromatic rings. The minimum Gasteiger partial charge on any atom is -0.352 e. The van der Waals surface area contributed by atoms with Gasteiger partial charge < -0.3 is 10.6 Å². The zero-order chi connectivity index (χ0) is 17.6. The lowest BCUT2D eigenvalue weighted by molar-refractivity contribution is -0.120. The number of nitrogens with zero attached hydrogens (tertiary/aromatic N) is 3. The van der Waals surface area contributed by atoms with Gasteiger partial charge in [-0.15, -0.1) is 11.3 Å². The standard InChI is InChI=1S/C18H19N5OS/c1-12-8-13(2)21-17(20-12)23-18-22-15(11-25-18)9-16(24)19-10-14-6-4-3-5-7-14/h3-8,11H,9-10H2,1-2H3,(H,19,24)(H,20,21,22,23). The highest BCUT2D eigenvalue weighted by Crippen LogP contribution is 2.19. The van der Waals surface area contributed by atoms with E-state index in [1.165, 1.54) is 11.3 Å². The number of aryl methyl sites for hydroxylation is 2. The Morgan fingerprint density at radius 2 is 1.80 bits per heavy atom. The summed E-state index contributed by atoms with van der Waals surface area (Å²) in [6.07, 6.45) is 0.249. The van der Waals surface area contributed by atoms with E-state index < -0.39 is 0 Å². The van der Waals surface area contributed by atoms with Crippen molar-refractivity contribution < 1.29 is 4.79 Å². The van der Waals surface area contributed by atoms with Gasteiger partial charge in [0, 0.05) is 23.3 Å². The molecule has 2 heterocycles. The normalized spacial score (nSPS) is 10.5. The molecule has 0 saturated carbocycles. The molecule has 0 aliphatic heterocycles. The highest BCUT2D eigenvalue weighted by molar-refractivity contribution is 7.13. The zero-order valence-corrected chi connectivity index (χ0v) is 14.9. The molecule has 3 rings (SSSR count). The Kier molecular flexibility index (Phi) is 5.35. The lowest BCUT2D eigenvalue weighted by Gasteiger charge is -2.04. The highest BCUT2D eigenvalue weighted by atomic mass is 32.1. The van der Waals surface area contributed by atoms with Crippen LogP contribution in [0.5, 0.6) is 0 Å². The van der Waals surface area contributed by atoms with Gasteiger partial charge >= 0.3 is 0 Å². The van der Waals surface area contributed by atoms with Crippen molar-refractivity contribution in [1.29, 1.82) is 0 Å². The number of aromatic nitrogens is 3. The summed E-state index contributed by atoms with van der Waals surface area (Å²) in [5.74, 6) is 0.468. The number of benzene rings is 1. The van der Waals surface area contributed by atoms with Crippen LogP contribution in [0, 0.1) is 13.8 Å². The molecule has 0 bridgehead atoms. The maximum Gasteiger partial charge on any atom is 0.229 e. The average Bonchev–Trinajstić information content (AvgIpc) is 3.00. The number of carbonyl (C=O) groups excluding carboxylic acids is 1. The number of carbonyl (C=O) groups is 1. The molecule has 0 aliphatic carbocycles. The van der Waals surface area contributed by atoms with Gasteiger partial charge in [0.1, 0.15) is 0 Å². The van der Waals surface area contributed by atoms with Gasteiger partial charge in [-0.3, -0.25) is 4.79 Å². The first-order valence-electron chi connectivity index (χ1n) is 7.93. The van der Waals surface area contributed by atoms with Gasteiger partial charge in [-0.05, 0) is 25.5 Å². The fraction of sp³-hybridized carbons (Fsp3) is 0.222. The van der Waals surface area contributed by atoms with E-state index in [2.05, 4.69) is 25.6 Å². The lowest BCUT2D eigenvalue weighted by Crippen LogP contribution is -2.24. The average molecular weight is 353 g/mol. The van der Waals surface area contributed by atoms with Gasteiger partial charge in [0.2, 0.25) is 11.9 Å². The highest BCUT2D eigenvalue weighted by Gasteiger charge is 2.09. The summed E-state index contributed by atoms with van der Waals surface area (Å²) in [7, 11) is 0. The molecule has 1 amide bonds. The third kappa shape index (κ3) is 5.09. The Labute approximate surface area is 150 Å². The number of amides is 1. The van der Waals surface area contributed by atoms with Crippen LogP contribution in [0.3, 0.4) is 0 Å². The molecule has 0 atom stereocenters. The first-order chi connectivity index (χ1) is 12.1. The van der Waals surface area contributed by atoms with Crippen molar-refractivity contribution in [2.24, 2.45) is 0 Å². The largest absolute Gasteiger partial charge is 0.352 e. The number of hydrogen-bond acceptors (Lipinski definition) is 6. The molecule has 2 N–H and O–H groups in total. The van der Waals surface area contributed by atoms with Crippen molar-refractivity contribution in [3.63, 3.8) is 0 Å². The van der Waals surface area contributed by atoms with Crippen LogP contribution in [-0.4, -0.2) is 20.9 Å². The summed E-state index contributed by atoms with van der Waals surface area (Å²) in [6, 6.07) is 11.7. The second-order valence-electron chi connectivity index (χ2n) is 5.68. The van der Waals surface area contributed by atoms with Gasteiger partial charge in [-0.1, -0.05) is 30.3 Å². The number of anilines is 2. The molecule has 0 spiro atoms. The van der Waals surface area contributed by atoms with Crippen molar-refractivity contribution in [2.45, 2.75) is 26.8 Å². The second-order valence-corrected chi connectivity index (χ2v) is 6.54. The van der Waals surface area contributed by atoms with Crippen LogP contribution in [0.4, 0.5) is 11.1 Å². The molecule has 0 radical (unpaired) electrons. The number of rotatable bonds is 6. The number of hydrogen-bond donors (Lipinski definition) is 2. The van der Waals surface area contributed by atoms with Crippen LogP contribution in [0.2, 0.25) is 0 Å². The van der Waals surface area contributed by atoms with Crippen molar-refractivity contribution >= 4 is 28.3 Å². The molecular formula is C18H19N5OS. The second kappa shape index (κ2) is 7.85. The smallest absolute Gasteiger partial charge is 0.229 e. The van der Waals surface area contributed by atoms with E-state index >= 15 is 0 Å². The van der Waals surface area contributed by atoms with Crippen molar-refractivity contribution in [1.82, 2.24) is 20.3 Å². The van der Waals surface area contributed by atoms with Crippen LogP contribution in [0.1, 0.15) is 22.6 Å². The monoisotopic (exact) mass is 353 g/mol. The zero-order valence-electron chi connectivity index (χ0n) is 14.1. The van der Waals surface area contributed by atoms with Crippen molar-refractivity contribution in [3.05, 3.63) is 64.4 Å². The van der Waals surface area contributed by atoms with Gasteiger partial charge in [-0.25, -0.2) is 15.0 Å². The Bertz CT molecular complexity index is 843. The van der Waals surface area contributed by atoms with Crippen LogP contribution in [0.25, 0.3) is 0 Å². The van der Waals surface area contributed by atoms with Gasteiger partial charge in [0.05, 0.1) is 12.1 Å². The minimum atomic E-state index is -0.0525. The number of nitrogens with one attached hydrogen (secondary N) is 2. The summed E-state index contributed by atoms with van der Waals surface area (Å²) in [5.41, 5.74) is 3.59. The molecule has 1 aromatic carbocycles.